The minimum atomic E-state index is -3.57. The van der Waals surface area contributed by atoms with Gasteiger partial charge in [0.1, 0.15) is 0 Å². The standard InChI is InChI=1S/C12H28NO9PS2/c1-5-19-23(14,20-6-2)13(9-7-11-21-24(3,15)16)10-8-12-22-25(4,17)18/h5-12H2,1-4H3. The van der Waals surface area contributed by atoms with Crippen molar-refractivity contribution in [1.82, 2.24) is 4.67 Å². The van der Waals surface area contributed by atoms with E-state index in [1.165, 1.54) is 4.67 Å². The summed E-state index contributed by atoms with van der Waals surface area (Å²) in [6.45, 7) is 3.88. The number of nitrogens with zero attached hydrogens (tertiary/aromatic N) is 1. The van der Waals surface area contributed by atoms with Crippen LogP contribution in [0, 0.1) is 0 Å². The Balaban J connectivity index is 4.81. The van der Waals surface area contributed by atoms with E-state index in [2.05, 4.69) is 8.37 Å². The van der Waals surface area contributed by atoms with Crippen molar-refractivity contribution >= 4 is 28.0 Å². The molecule has 0 aromatic rings. The van der Waals surface area contributed by atoms with Crippen LogP contribution in [-0.4, -0.2) is 73.5 Å². The van der Waals surface area contributed by atoms with E-state index in [1.54, 1.807) is 13.8 Å². The van der Waals surface area contributed by atoms with Crippen LogP contribution in [0.3, 0.4) is 0 Å². The lowest BCUT2D eigenvalue weighted by Crippen LogP contribution is -2.27. The average molecular weight is 425 g/mol. The van der Waals surface area contributed by atoms with Crippen LogP contribution in [0.15, 0.2) is 0 Å². The topological polar surface area (TPSA) is 126 Å². The van der Waals surface area contributed by atoms with Crippen molar-refractivity contribution < 1.29 is 38.8 Å². The van der Waals surface area contributed by atoms with E-state index in [9.17, 15) is 21.4 Å². The van der Waals surface area contributed by atoms with Gasteiger partial charge in [0, 0.05) is 13.1 Å². The summed E-state index contributed by atoms with van der Waals surface area (Å²) in [6, 6.07) is 0. The Kier molecular flexibility index (Phi) is 11.6. The van der Waals surface area contributed by atoms with Gasteiger partial charge in [-0.05, 0) is 26.7 Å². The molecule has 25 heavy (non-hydrogen) atoms. The maximum atomic E-state index is 12.9. The molecule has 0 aliphatic carbocycles. The largest absolute Gasteiger partial charge is 0.408 e. The van der Waals surface area contributed by atoms with Gasteiger partial charge in [-0.15, -0.1) is 0 Å². The molecule has 0 spiro atoms. The smallest absolute Gasteiger partial charge is 0.297 e. The average Bonchev–Trinajstić information content (AvgIpc) is 2.43. The Morgan fingerprint density at radius 1 is 0.800 bits per heavy atom. The summed E-state index contributed by atoms with van der Waals surface area (Å²) in [4.78, 5) is 0. The van der Waals surface area contributed by atoms with Crippen LogP contribution < -0.4 is 0 Å². The van der Waals surface area contributed by atoms with Crippen molar-refractivity contribution in [3.63, 3.8) is 0 Å². The summed E-state index contributed by atoms with van der Waals surface area (Å²) < 4.78 is 78.0. The van der Waals surface area contributed by atoms with Crippen LogP contribution in [0.4, 0.5) is 0 Å². The van der Waals surface area contributed by atoms with Gasteiger partial charge in [0.25, 0.3) is 20.2 Å². The Morgan fingerprint density at radius 2 is 1.16 bits per heavy atom. The first-order valence-electron chi connectivity index (χ1n) is 7.77. The fourth-order valence-electron chi connectivity index (χ4n) is 1.80. The molecule has 0 aliphatic heterocycles. The molecule has 0 heterocycles. The molecule has 0 radical (unpaired) electrons. The van der Waals surface area contributed by atoms with Crippen molar-refractivity contribution in [2.45, 2.75) is 26.7 Å². The molecule has 0 unspecified atom stereocenters. The molecule has 0 aliphatic rings. The SMILES string of the molecule is CCOP(=O)(OCC)N(CCCOS(C)(=O)=O)CCCOS(C)(=O)=O. The van der Waals surface area contributed by atoms with E-state index in [0.717, 1.165) is 12.5 Å². The molecule has 0 aromatic carbocycles. The third-order valence-corrected chi connectivity index (χ3v) is 6.10. The first-order valence-corrected chi connectivity index (χ1v) is 12.9. The van der Waals surface area contributed by atoms with Crippen LogP contribution in [-0.2, 0) is 42.2 Å². The highest BCUT2D eigenvalue weighted by Crippen LogP contribution is 2.51. The van der Waals surface area contributed by atoms with Gasteiger partial charge in [0.05, 0.1) is 38.9 Å². The Bertz CT molecular complexity index is 570. The van der Waals surface area contributed by atoms with Crippen LogP contribution in [0.1, 0.15) is 26.7 Å². The molecule has 0 N–H and O–H groups in total. The van der Waals surface area contributed by atoms with Gasteiger partial charge in [0.15, 0.2) is 0 Å². The predicted molar refractivity (Wildman–Crippen MR) is 93.3 cm³/mol. The number of rotatable bonds is 15. The summed E-state index contributed by atoms with van der Waals surface area (Å²) in [5, 5.41) is 0. The summed E-state index contributed by atoms with van der Waals surface area (Å²) in [7, 11) is -10.7. The molecule has 0 amide bonds. The molecular formula is C12H28NO9PS2. The zero-order valence-corrected chi connectivity index (χ0v) is 17.6. The number of hydrogen-bond donors (Lipinski definition) is 0. The van der Waals surface area contributed by atoms with E-state index in [-0.39, 0.29) is 52.4 Å². The summed E-state index contributed by atoms with van der Waals surface area (Å²) in [6.07, 6.45) is 2.42. The number of hydrogen-bond acceptors (Lipinski definition) is 9. The third kappa shape index (κ3) is 12.8. The molecular weight excluding hydrogens is 397 g/mol. The monoisotopic (exact) mass is 425 g/mol. The molecule has 0 atom stereocenters. The Hall–Kier alpha value is -0.0700. The van der Waals surface area contributed by atoms with E-state index < -0.39 is 28.0 Å². The molecule has 0 rings (SSSR count). The van der Waals surface area contributed by atoms with E-state index in [0.29, 0.717) is 0 Å². The summed E-state index contributed by atoms with van der Waals surface area (Å²) in [5.74, 6) is 0. The second kappa shape index (κ2) is 11.6. The molecule has 0 fully saturated rings. The summed E-state index contributed by atoms with van der Waals surface area (Å²) >= 11 is 0. The lowest BCUT2D eigenvalue weighted by Gasteiger charge is -2.29. The van der Waals surface area contributed by atoms with E-state index >= 15 is 0 Å². The predicted octanol–water partition coefficient (Wildman–Crippen LogP) is 1.20. The first-order chi connectivity index (χ1) is 11.4. The maximum absolute atomic E-state index is 12.9. The van der Waals surface area contributed by atoms with Crippen LogP contribution in [0.5, 0.6) is 0 Å². The van der Waals surface area contributed by atoms with Crippen LogP contribution >= 0.6 is 7.75 Å². The maximum Gasteiger partial charge on any atom is 0.408 e. The van der Waals surface area contributed by atoms with Crippen molar-refractivity contribution in [2.24, 2.45) is 0 Å². The zero-order chi connectivity index (χ0) is 19.6. The highest BCUT2D eigenvalue weighted by atomic mass is 32.2. The molecule has 13 heteroatoms. The second-order valence-electron chi connectivity index (χ2n) is 5.02. The van der Waals surface area contributed by atoms with Gasteiger partial charge in [-0.25, -0.2) is 9.24 Å². The first kappa shape index (κ1) is 24.9. The fraction of sp³-hybridized carbons (Fsp3) is 1.00. The quantitative estimate of drug-likeness (QED) is 0.215. The van der Waals surface area contributed by atoms with Crippen LogP contribution in [0.25, 0.3) is 0 Å². The lowest BCUT2D eigenvalue weighted by atomic mass is 10.4. The Morgan fingerprint density at radius 3 is 1.44 bits per heavy atom. The summed E-state index contributed by atoms with van der Waals surface area (Å²) in [5.41, 5.74) is 0. The fourth-order valence-corrected chi connectivity index (χ4v) is 4.47. The van der Waals surface area contributed by atoms with Crippen molar-refractivity contribution in [1.29, 1.82) is 0 Å². The third-order valence-electron chi connectivity index (χ3n) is 2.65. The molecule has 10 nitrogen and oxygen atoms in total. The zero-order valence-electron chi connectivity index (χ0n) is 15.0. The highest BCUT2D eigenvalue weighted by Gasteiger charge is 2.32. The lowest BCUT2D eigenvalue weighted by molar-refractivity contribution is 0.159. The van der Waals surface area contributed by atoms with Gasteiger partial charge in [-0.1, -0.05) is 0 Å². The Labute approximate surface area is 150 Å². The molecule has 0 aromatic heterocycles. The van der Waals surface area contributed by atoms with E-state index in [4.69, 9.17) is 9.05 Å². The van der Waals surface area contributed by atoms with Gasteiger partial charge in [0.2, 0.25) is 0 Å². The van der Waals surface area contributed by atoms with Gasteiger partial charge in [-0.3, -0.25) is 17.4 Å². The minimum Gasteiger partial charge on any atom is -0.297 e. The normalized spacial score (nSPS) is 13.5. The van der Waals surface area contributed by atoms with E-state index in [1.807, 2.05) is 0 Å². The highest BCUT2D eigenvalue weighted by molar-refractivity contribution is 7.86. The molecule has 0 bridgehead atoms. The molecule has 0 saturated heterocycles. The van der Waals surface area contributed by atoms with Crippen molar-refractivity contribution in [2.75, 3.05) is 52.0 Å². The van der Waals surface area contributed by atoms with Gasteiger partial charge >= 0.3 is 7.75 Å². The van der Waals surface area contributed by atoms with Crippen molar-refractivity contribution in [3.05, 3.63) is 0 Å². The van der Waals surface area contributed by atoms with Crippen molar-refractivity contribution in [3.8, 4) is 0 Å². The molecule has 0 saturated carbocycles. The van der Waals surface area contributed by atoms with Gasteiger partial charge < -0.3 is 0 Å². The van der Waals surface area contributed by atoms with Crippen LogP contribution in [0.2, 0.25) is 0 Å². The minimum absolute atomic E-state index is 0.0760. The second-order valence-corrected chi connectivity index (χ2v) is 10.3. The molecule has 152 valence electrons. The van der Waals surface area contributed by atoms with Gasteiger partial charge in [-0.2, -0.15) is 16.8 Å².